The van der Waals surface area contributed by atoms with Crippen molar-refractivity contribution >= 4 is 23.4 Å². The van der Waals surface area contributed by atoms with Crippen LogP contribution in [0, 0.1) is 12.7 Å². The first-order chi connectivity index (χ1) is 14.6. The van der Waals surface area contributed by atoms with E-state index < -0.39 is 5.25 Å². The Balaban J connectivity index is 1.43. The number of thioether (sulfide) groups is 1. The van der Waals surface area contributed by atoms with Crippen LogP contribution in [-0.4, -0.2) is 57.0 Å². The lowest BCUT2D eigenvalue weighted by atomic mass is 9.99. The van der Waals surface area contributed by atoms with Gasteiger partial charge in [0.25, 0.3) is 5.91 Å². The van der Waals surface area contributed by atoms with Crippen LogP contribution in [0.1, 0.15) is 22.2 Å². The van der Waals surface area contributed by atoms with Gasteiger partial charge in [0, 0.05) is 37.4 Å². The summed E-state index contributed by atoms with van der Waals surface area (Å²) in [6, 6.07) is 16.7. The normalized spacial score (nSPS) is 20.4. The van der Waals surface area contributed by atoms with E-state index in [4.69, 9.17) is 0 Å². The maximum absolute atomic E-state index is 14.8. The number of fused-ring (bicyclic) bond motifs is 1. The molecule has 2 aliphatic heterocycles. The summed E-state index contributed by atoms with van der Waals surface area (Å²) in [5.74, 6) is 0.160. The molecule has 1 aromatic heterocycles. The van der Waals surface area contributed by atoms with Crippen LogP contribution in [0.15, 0.2) is 59.8 Å². The van der Waals surface area contributed by atoms with Crippen LogP contribution in [0.2, 0.25) is 0 Å². The molecule has 2 unspecified atom stereocenters. The fourth-order valence-corrected chi connectivity index (χ4v) is 5.55. The van der Waals surface area contributed by atoms with E-state index in [2.05, 4.69) is 32.0 Å². The highest BCUT2D eigenvalue weighted by atomic mass is 32.2. The number of benzene rings is 2. The van der Waals surface area contributed by atoms with Crippen molar-refractivity contribution in [1.29, 1.82) is 0 Å². The summed E-state index contributed by atoms with van der Waals surface area (Å²) in [4.78, 5) is 22.1. The molecule has 30 heavy (non-hydrogen) atoms. The van der Waals surface area contributed by atoms with Crippen LogP contribution in [0.25, 0.3) is 0 Å². The molecule has 0 radical (unpaired) electrons. The Bertz CT molecular complexity index is 1060. The van der Waals surface area contributed by atoms with Gasteiger partial charge in [-0.3, -0.25) is 9.69 Å². The largest absolute Gasteiger partial charge is 0.369 e. The Labute approximate surface area is 178 Å². The van der Waals surface area contributed by atoms with E-state index in [0.29, 0.717) is 16.5 Å². The summed E-state index contributed by atoms with van der Waals surface area (Å²) < 4.78 is 16.2. The van der Waals surface area contributed by atoms with Gasteiger partial charge in [-0.05, 0) is 25.1 Å². The third-order valence-corrected chi connectivity index (χ3v) is 6.90. The predicted octanol–water partition coefficient (Wildman–Crippen LogP) is 3.40. The monoisotopic (exact) mass is 423 g/mol. The minimum Gasteiger partial charge on any atom is -0.369 e. The number of piperazine rings is 1. The number of hydrogen-bond donors (Lipinski definition) is 0. The third-order valence-electron chi connectivity index (χ3n) is 5.71. The van der Waals surface area contributed by atoms with Crippen molar-refractivity contribution in [2.24, 2.45) is 0 Å². The van der Waals surface area contributed by atoms with Gasteiger partial charge in [0.2, 0.25) is 0 Å². The van der Waals surface area contributed by atoms with E-state index in [1.807, 2.05) is 24.3 Å². The van der Waals surface area contributed by atoms with Crippen LogP contribution in [0.4, 0.5) is 10.1 Å². The zero-order valence-corrected chi connectivity index (χ0v) is 17.4. The van der Waals surface area contributed by atoms with Crippen molar-refractivity contribution < 1.29 is 9.18 Å². The minimum absolute atomic E-state index is 0.130. The second kappa shape index (κ2) is 7.85. The quantitative estimate of drug-likeness (QED) is 0.641. The second-order valence-corrected chi connectivity index (χ2v) is 8.66. The molecule has 3 aromatic rings. The van der Waals surface area contributed by atoms with Crippen molar-refractivity contribution in [1.82, 2.24) is 19.7 Å². The molecule has 2 atom stereocenters. The molecule has 6 nitrogen and oxygen atoms in total. The molecule has 0 saturated carbocycles. The molecule has 0 amide bonds. The van der Waals surface area contributed by atoms with Gasteiger partial charge in [0.05, 0.1) is 6.04 Å². The fraction of sp³-hybridized carbons (Fsp3) is 0.318. The predicted molar refractivity (Wildman–Crippen MR) is 114 cm³/mol. The number of halogens is 1. The van der Waals surface area contributed by atoms with E-state index in [-0.39, 0.29) is 17.8 Å². The van der Waals surface area contributed by atoms with Crippen molar-refractivity contribution in [3.05, 3.63) is 71.8 Å². The number of carbonyl (C=O) groups is 1. The maximum atomic E-state index is 14.8. The Morgan fingerprint density at radius 1 is 1.03 bits per heavy atom. The molecule has 0 aliphatic carbocycles. The Kier molecular flexibility index (Phi) is 5.04. The zero-order valence-electron chi connectivity index (χ0n) is 16.6. The summed E-state index contributed by atoms with van der Waals surface area (Å²) >= 11 is 1.39. The van der Waals surface area contributed by atoms with Gasteiger partial charge < -0.3 is 4.90 Å². The topological polar surface area (TPSA) is 54.3 Å². The SMILES string of the molecule is Cc1nc2n(n1)C(=O)C(C(c1ccccc1F)N1CCN(c3ccccc3)CC1)S2. The van der Waals surface area contributed by atoms with Gasteiger partial charge in [0.15, 0.2) is 5.16 Å². The first kappa shape index (κ1) is 19.3. The van der Waals surface area contributed by atoms with Crippen LogP contribution in [0.5, 0.6) is 0 Å². The molecule has 1 saturated heterocycles. The molecule has 0 spiro atoms. The van der Waals surface area contributed by atoms with Crippen molar-refractivity contribution in [3.8, 4) is 0 Å². The van der Waals surface area contributed by atoms with Crippen LogP contribution >= 0.6 is 11.8 Å². The smallest absolute Gasteiger partial charge is 0.264 e. The Morgan fingerprint density at radius 2 is 1.73 bits per heavy atom. The van der Waals surface area contributed by atoms with Gasteiger partial charge in [0.1, 0.15) is 16.9 Å². The standard InChI is InChI=1S/C22H22FN5OS/c1-15-24-22-28(25-15)21(29)20(30-22)19(17-9-5-6-10-18(17)23)27-13-11-26(12-14-27)16-7-3-2-4-8-16/h2-10,19-20H,11-14H2,1H3. The molecule has 0 bridgehead atoms. The third kappa shape index (κ3) is 3.40. The first-order valence-electron chi connectivity index (χ1n) is 10.0. The lowest BCUT2D eigenvalue weighted by Crippen LogP contribution is -2.50. The number of aryl methyl sites for hydroxylation is 1. The average Bonchev–Trinajstić information content (AvgIpc) is 3.28. The summed E-state index contributed by atoms with van der Waals surface area (Å²) in [7, 11) is 0. The molecular weight excluding hydrogens is 401 g/mol. The second-order valence-electron chi connectivity index (χ2n) is 7.56. The van der Waals surface area contributed by atoms with Crippen LogP contribution in [-0.2, 0) is 0 Å². The highest BCUT2D eigenvalue weighted by molar-refractivity contribution is 8.00. The molecule has 0 N–H and O–H groups in total. The van der Waals surface area contributed by atoms with Crippen LogP contribution < -0.4 is 4.90 Å². The van der Waals surface area contributed by atoms with Crippen molar-refractivity contribution in [2.75, 3.05) is 31.1 Å². The molecular formula is C22H22FN5OS. The van der Waals surface area contributed by atoms with E-state index in [0.717, 1.165) is 26.2 Å². The van der Waals surface area contributed by atoms with Gasteiger partial charge in [-0.15, -0.1) is 5.10 Å². The summed E-state index contributed by atoms with van der Waals surface area (Å²) in [5, 5.41) is 4.35. The van der Waals surface area contributed by atoms with E-state index in [9.17, 15) is 9.18 Å². The van der Waals surface area contributed by atoms with Gasteiger partial charge in [-0.2, -0.15) is 4.68 Å². The molecule has 2 aliphatic rings. The number of carbonyl (C=O) groups excluding carboxylic acids is 1. The lowest BCUT2D eigenvalue weighted by Gasteiger charge is -2.41. The highest BCUT2D eigenvalue weighted by Crippen LogP contribution is 2.42. The molecule has 154 valence electrons. The number of nitrogens with zero attached hydrogens (tertiary/aromatic N) is 5. The van der Waals surface area contributed by atoms with E-state index in [1.54, 1.807) is 19.1 Å². The van der Waals surface area contributed by atoms with Gasteiger partial charge in [-0.1, -0.05) is 48.2 Å². The van der Waals surface area contributed by atoms with Crippen molar-refractivity contribution in [3.63, 3.8) is 0 Å². The summed E-state index contributed by atoms with van der Waals surface area (Å²) in [6.07, 6.45) is 0. The van der Waals surface area contributed by atoms with Crippen LogP contribution in [0.3, 0.4) is 0 Å². The summed E-state index contributed by atoms with van der Waals surface area (Å²) in [5.41, 5.74) is 1.74. The summed E-state index contributed by atoms with van der Waals surface area (Å²) in [6.45, 7) is 4.90. The molecule has 3 heterocycles. The fourth-order valence-electron chi connectivity index (χ4n) is 4.26. The van der Waals surface area contributed by atoms with Gasteiger partial charge >= 0.3 is 0 Å². The Hall–Kier alpha value is -2.71. The molecule has 8 heteroatoms. The molecule has 5 rings (SSSR count). The number of anilines is 1. The number of hydrogen-bond acceptors (Lipinski definition) is 6. The van der Waals surface area contributed by atoms with E-state index in [1.165, 1.54) is 28.2 Å². The average molecular weight is 424 g/mol. The maximum Gasteiger partial charge on any atom is 0.264 e. The van der Waals surface area contributed by atoms with Crippen molar-refractivity contribution in [2.45, 2.75) is 23.4 Å². The zero-order chi connectivity index (χ0) is 20.7. The van der Waals surface area contributed by atoms with Gasteiger partial charge in [-0.25, -0.2) is 9.37 Å². The molecule has 1 fully saturated rings. The highest BCUT2D eigenvalue weighted by Gasteiger charge is 2.44. The number of para-hydroxylation sites is 1. The first-order valence-corrected chi connectivity index (χ1v) is 10.9. The molecule has 2 aromatic carbocycles. The Morgan fingerprint density at radius 3 is 2.43 bits per heavy atom. The number of aromatic nitrogens is 3. The minimum atomic E-state index is -0.472. The number of rotatable bonds is 4. The lowest BCUT2D eigenvalue weighted by molar-refractivity contribution is 0.0828. The van der Waals surface area contributed by atoms with E-state index >= 15 is 0 Å².